The van der Waals surface area contributed by atoms with Crippen LogP contribution in [0, 0.1) is 5.82 Å². The van der Waals surface area contributed by atoms with Gasteiger partial charge in [0.05, 0.1) is 22.1 Å². The molecular weight excluding hydrogens is 321 g/mol. The Kier molecular flexibility index (Phi) is 4.35. The van der Waals surface area contributed by atoms with Gasteiger partial charge in [-0.3, -0.25) is 0 Å². The van der Waals surface area contributed by atoms with Crippen LogP contribution in [0.3, 0.4) is 0 Å². The predicted octanol–water partition coefficient (Wildman–Crippen LogP) is 3.96. The molecule has 0 radical (unpaired) electrons. The minimum atomic E-state index is -0.401. The maximum atomic E-state index is 13.7. The van der Waals surface area contributed by atoms with Gasteiger partial charge in [-0.2, -0.15) is 0 Å². The van der Waals surface area contributed by atoms with Gasteiger partial charge in [0.1, 0.15) is 5.82 Å². The van der Waals surface area contributed by atoms with E-state index in [9.17, 15) is 4.39 Å². The lowest BCUT2D eigenvalue weighted by Crippen LogP contribution is -2.03. The van der Waals surface area contributed by atoms with Crippen molar-refractivity contribution in [3.8, 4) is 0 Å². The van der Waals surface area contributed by atoms with E-state index in [4.69, 9.17) is 11.6 Å². The quantitative estimate of drug-likeness (QED) is 0.793. The van der Waals surface area contributed by atoms with Crippen molar-refractivity contribution < 1.29 is 4.39 Å². The van der Waals surface area contributed by atoms with Crippen molar-refractivity contribution in [1.82, 2.24) is 15.0 Å². The van der Waals surface area contributed by atoms with Crippen LogP contribution < -0.4 is 0 Å². The fourth-order valence-electron chi connectivity index (χ4n) is 1.59. The Morgan fingerprint density at radius 3 is 3.00 bits per heavy atom. The molecule has 1 unspecified atom stereocenters. The third kappa shape index (κ3) is 2.90. The Balaban J connectivity index is 2.19. The molecule has 0 saturated heterocycles. The zero-order valence-electron chi connectivity index (χ0n) is 9.78. The lowest BCUT2D eigenvalue weighted by atomic mass is 10.2. The second-order valence-corrected chi connectivity index (χ2v) is 5.44. The maximum absolute atomic E-state index is 13.7. The first kappa shape index (κ1) is 13.5. The first-order valence-corrected chi connectivity index (χ1v) is 6.88. The van der Waals surface area contributed by atoms with Crippen LogP contribution in [0.5, 0.6) is 0 Å². The van der Waals surface area contributed by atoms with Crippen molar-refractivity contribution >= 4 is 27.5 Å². The molecule has 18 heavy (non-hydrogen) atoms. The Morgan fingerprint density at radius 1 is 1.50 bits per heavy atom. The van der Waals surface area contributed by atoms with Gasteiger partial charge in [-0.1, -0.05) is 51.8 Å². The third-order valence-corrected chi connectivity index (χ3v) is 4.01. The highest BCUT2D eigenvalue weighted by molar-refractivity contribution is 9.09. The van der Waals surface area contributed by atoms with E-state index in [0.717, 1.165) is 12.1 Å². The van der Waals surface area contributed by atoms with Crippen LogP contribution in [0.4, 0.5) is 4.39 Å². The molecule has 1 atom stereocenters. The molecule has 0 aliphatic heterocycles. The minimum absolute atomic E-state index is 0.125. The molecule has 1 aromatic heterocycles. The van der Waals surface area contributed by atoms with Gasteiger partial charge in [0.25, 0.3) is 0 Å². The molecule has 0 fully saturated rings. The van der Waals surface area contributed by atoms with Crippen molar-refractivity contribution in [3.63, 3.8) is 0 Å². The maximum Gasteiger partial charge on any atom is 0.146 e. The van der Waals surface area contributed by atoms with Gasteiger partial charge in [0, 0.05) is 11.8 Å². The number of nitrogens with zero attached hydrogens (tertiary/aromatic N) is 3. The van der Waals surface area contributed by atoms with Gasteiger partial charge in [-0.05, 0) is 12.5 Å². The molecule has 0 spiro atoms. The Hall–Kier alpha value is -0.940. The van der Waals surface area contributed by atoms with Crippen molar-refractivity contribution in [2.75, 3.05) is 0 Å². The molecule has 2 rings (SSSR count). The number of rotatable bonds is 4. The molecule has 0 N–H and O–H groups in total. The smallest absolute Gasteiger partial charge is 0.146 e. The number of benzene rings is 1. The Labute approximate surface area is 118 Å². The van der Waals surface area contributed by atoms with Crippen molar-refractivity contribution in [2.24, 2.45) is 0 Å². The number of aromatic nitrogens is 3. The highest BCUT2D eigenvalue weighted by Gasteiger charge is 2.11. The van der Waals surface area contributed by atoms with E-state index >= 15 is 0 Å². The number of halogens is 3. The van der Waals surface area contributed by atoms with Gasteiger partial charge in [0.2, 0.25) is 0 Å². The summed E-state index contributed by atoms with van der Waals surface area (Å²) in [7, 11) is 0. The van der Waals surface area contributed by atoms with Crippen LogP contribution in [0.25, 0.3) is 0 Å². The van der Waals surface area contributed by atoms with Crippen molar-refractivity contribution in [1.29, 1.82) is 0 Å². The van der Waals surface area contributed by atoms with Gasteiger partial charge in [-0.15, -0.1) is 5.10 Å². The first-order chi connectivity index (χ1) is 8.61. The lowest BCUT2D eigenvalue weighted by molar-refractivity contribution is 0.577. The molecule has 0 aliphatic carbocycles. The summed E-state index contributed by atoms with van der Waals surface area (Å²) < 4.78 is 15.3. The number of hydrogen-bond acceptors (Lipinski definition) is 2. The van der Waals surface area contributed by atoms with Crippen LogP contribution in [-0.4, -0.2) is 15.0 Å². The van der Waals surface area contributed by atoms with Crippen LogP contribution in [0.1, 0.15) is 29.4 Å². The summed E-state index contributed by atoms with van der Waals surface area (Å²) in [6, 6.07) is 4.94. The summed E-state index contributed by atoms with van der Waals surface area (Å²) >= 11 is 9.23. The first-order valence-electron chi connectivity index (χ1n) is 5.58. The van der Waals surface area contributed by atoms with Gasteiger partial charge in [-0.25, -0.2) is 9.07 Å². The summed E-state index contributed by atoms with van der Waals surface area (Å²) in [6.45, 7) is 2.37. The SMILES string of the molecule is CCC(Br)c1cn(Cc2cccc(Cl)c2F)nn1. The predicted molar refractivity (Wildman–Crippen MR) is 72.5 cm³/mol. The Morgan fingerprint density at radius 2 is 2.28 bits per heavy atom. The molecule has 0 saturated carbocycles. The standard InChI is InChI=1S/C12H12BrClFN3/c1-2-9(13)11-7-18(17-16-11)6-8-4-3-5-10(14)12(8)15/h3-5,7,9H,2,6H2,1H3. The van der Waals surface area contributed by atoms with Crippen LogP contribution in [0.2, 0.25) is 5.02 Å². The molecule has 0 bridgehead atoms. The van der Waals surface area contributed by atoms with Gasteiger partial charge in [0.15, 0.2) is 0 Å². The summed E-state index contributed by atoms with van der Waals surface area (Å²) in [5.41, 5.74) is 1.35. The molecular formula is C12H12BrClFN3. The highest BCUT2D eigenvalue weighted by atomic mass is 79.9. The molecule has 2 aromatic rings. The summed E-state index contributed by atoms with van der Waals surface area (Å²) in [5, 5.41) is 8.15. The number of alkyl halides is 1. The zero-order valence-corrected chi connectivity index (χ0v) is 12.1. The summed E-state index contributed by atoms with van der Waals surface area (Å²) in [4.78, 5) is 0.176. The highest BCUT2D eigenvalue weighted by Crippen LogP contribution is 2.24. The van der Waals surface area contributed by atoms with E-state index in [0.29, 0.717) is 12.1 Å². The van der Waals surface area contributed by atoms with Crippen molar-refractivity contribution in [3.05, 3.63) is 46.5 Å². The van der Waals surface area contributed by atoms with E-state index in [1.807, 2.05) is 6.20 Å². The molecule has 1 heterocycles. The largest absolute Gasteiger partial charge is 0.248 e. The molecule has 1 aromatic carbocycles. The van der Waals surface area contributed by atoms with Crippen molar-refractivity contribution in [2.45, 2.75) is 24.7 Å². The topological polar surface area (TPSA) is 30.7 Å². The second-order valence-electron chi connectivity index (χ2n) is 3.93. The fraction of sp³-hybridized carbons (Fsp3) is 0.333. The van der Waals surface area contributed by atoms with E-state index in [2.05, 4.69) is 33.2 Å². The molecule has 3 nitrogen and oxygen atoms in total. The van der Waals surface area contributed by atoms with E-state index < -0.39 is 5.82 Å². The normalized spacial score (nSPS) is 12.7. The molecule has 96 valence electrons. The molecule has 0 aliphatic rings. The Bertz CT molecular complexity index is 544. The monoisotopic (exact) mass is 331 g/mol. The average Bonchev–Trinajstić information content (AvgIpc) is 2.82. The molecule has 0 amide bonds. The van der Waals surface area contributed by atoms with Crippen LogP contribution >= 0.6 is 27.5 Å². The minimum Gasteiger partial charge on any atom is -0.248 e. The zero-order chi connectivity index (χ0) is 13.1. The number of hydrogen-bond donors (Lipinski definition) is 0. The summed E-state index contributed by atoms with van der Waals surface area (Å²) in [5.74, 6) is -0.401. The lowest BCUT2D eigenvalue weighted by Gasteiger charge is -2.04. The van der Waals surface area contributed by atoms with Gasteiger partial charge < -0.3 is 0 Å². The molecule has 6 heteroatoms. The second kappa shape index (κ2) is 5.80. The summed E-state index contributed by atoms with van der Waals surface area (Å²) in [6.07, 6.45) is 2.73. The fourth-order valence-corrected chi connectivity index (χ4v) is 1.99. The van der Waals surface area contributed by atoms with E-state index in [-0.39, 0.29) is 9.85 Å². The van der Waals surface area contributed by atoms with Crippen LogP contribution in [-0.2, 0) is 6.54 Å². The van der Waals surface area contributed by atoms with Gasteiger partial charge >= 0.3 is 0 Å². The third-order valence-electron chi connectivity index (χ3n) is 2.60. The van der Waals surface area contributed by atoms with Crippen LogP contribution in [0.15, 0.2) is 24.4 Å². The average molecular weight is 333 g/mol. The van der Waals surface area contributed by atoms with E-state index in [1.165, 1.54) is 6.07 Å². The van der Waals surface area contributed by atoms with E-state index in [1.54, 1.807) is 16.8 Å².